The van der Waals surface area contributed by atoms with E-state index >= 15 is 0 Å². The summed E-state index contributed by atoms with van der Waals surface area (Å²) < 4.78 is 29.1. The highest BCUT2D eigenvalue weighted by atomic mass is 35.5. The number of carbonyl (C=O) groups is 1. The fourth-order valence-electron chi connectivity index (χ4n) is 1.00. The van der Waals surface area contributed by atoms with Gasteiger partial charge in [0.1, 0.15) is 11.3 Å². The SMILES string of the molecule is COC(=O)c1c(Cl)cnc(C(F)F)c1N. The number of nitrogens with zero attached hydrogens (tertiary/aromatic N) is 1. The average Bonchev–Trinajstić information content (AvgIpc) is 2.16. The van der Waals surface area contributed by atoms with Gasteiger partial charge in [-0.25, -0.2) is 13.6 Å². The van der Waals surface area contributed by atoms with Crippen molar-refractivity contribution in [1.82, 2.24) is 4.98 Å². The number of carbonyl (C=O) groups excluding carboxylic acids is 1. The molecule has 2 N–H and O–H groups in total. The molecule has 0 aliphatic rings. The van der Waals surface area contributed by atoms with Crippen LogP contribution in [0, 0.1) is 0 Å². The van der Waals surface area contributed by atoms with Crippen molar-refractivity contribution in [2.45, 2.75) is 6.43 Å². The van der Waals surface area contributed by atoms with Gasteiger partial charge in [0, 0.05) is 6.20 Å². The molecule has 0 aliphatic carbocycles. The van der Waals surface area contributed by atoms with Gasteiger partial charge in [-0.05, 0) is 0 Å². The number of hydrogen-bond acceptors (Lipinski definition) is 4. The summed E-state index contributed by atoms with van der Waals surface area (Å²) in [6, 6.07) is 0. The zero-order valence-corrected chi connectivity index (χ0v) is 8.39. The molecule has 0 fully saturated rings. The summed E-state index contributed by atoms with van der Waals surface area (Å²) >= 11 is 5.59. The molecule has 82 valence electrons. The van der Waals surface area contributed by atoms with E-state index in [2.05, 4.69) is 9.72 Å². The Labute approximate surface area is 89.0 Å². The highest BCUT2D eigenvalue weighted by Crippen LogP contribution is 2.30. The van der Waals surface area contributed by atoms with Crippen LogP contribution in [0.3, 0.4) is 0 Å². The summed E-state index contributed by atoms with van der Waals surface area (Å²) in [5, 5.41) is -0.122. The standard InChI is InChI=1S/C8H7ClF2N2O2/c1-15-8(14)4-3(9)2-13-6(5(4)12)7(10)11/h2,7H,12H2,1H3. The average molecular weight is 237 g/mol. The molecule has 1 rings (SSSR count). The number of esters is 1. The highest BCUT2D eigenvalue weighted by molar-refractivity contribution is 6.34. The summed E-state index contributed by atoms with van der Waals surface area (Å²) in [6.07, 6.45) is -1.93. The van der Waals surface area contributed by atoms with E-state index in [0.717, 1.165) is 13.3 Å². The molecule has 1 aromatic rings. The first-order valence-corrected chi connectivity index (χ1v) is 4.17. The van der Waals surface area contributed by atoms with Crippen LogP contribution < -0.4 is 5.73 Å². The normalized spacial score (nSPS) is 10.5. The molecule has 0 unspecified atom stereocenters. The van der Waals surface area contributed by atoms with Crippen LogP contribution in [0.15, 0.2) is 6.20 Å². The number of anilines is 1. The molecule has 0 saturated heterocycles. The molecular weight excluding hydrogens is 230 g/mol. The lowest BCUT2D eigenvalue weighted by molar-refractivity contribution is 0.0601. The quantitative estimate of drug-likeness (QED) is 0.798. The number of methoxy groups -OCH3 is 1. The number of nitrogens with two attached hydrogens (primary N) is 1. The number of rotatable bonds is 2. The van der Waals surface area contributed by atoms with Crippen molar-refractivity contribution < 1.29 is 18.3 Å². The molecule has 1 heterocycles. The Morgan fingerprint density at radius 1 is 1.67 bits per heavy atom. The van der Waals surface area contributed by atoms with E-state index in [1.807, 2.05) is 0 Å². The first kappa shape index (κ1) is 11.6. The Kier molecular flexibility index (Phi) is 3.41. The van der Waals surface area contributed by atoms with Crippen LogP contribution in [-0.4, -0.2) is 18.1 Å². The zero-order valence-electron chi connectivity index (χ0n) is 7.63. The number of hydrogen-bond donors (Lipinski definition) is 1. The number of alkyl halides is 2. The van der Waals surface area contributed by atoms with Crippen molar-refractivity contribution in [2.75, 3.05) is 12.8 Å². The fraction of sp³-hybridized carbons (Fsp3) is 0.250. The van der Waals surface area contributed by atoms with Gasteiger partial charge in [0.2, 0.25) is 0 Å². The largest absolute Gasteiger partial charge is 0.465 e. The third kappa shape index (κ3) is 2.15. The van der Waals surface area contributed by atoms with E-state index in [1.54, 1.807) is 0 Å². The van der Waals surface area contributed by atoms with Crippen LogP contribution in [-0.2, 0) is 4.74 Å². The molecule has 0 amide bonds. The number of nitrogen functional groups attached to an aromatic ring is 1. The molecule has 1 aromatic heterocycles. The van der Waals surface area contributed by atoms with Crippen LogP contribution in [0.1, 0.15) is 22.5 Å². The van der Waals surface area contributed by atoms with E-state index in [1.165, 1.54) is 0 Å². The van der Waals surface area contributed by atoms with Crippen molar-refractivity contribution in [3.63, 3.8) is 0 Å². The van der Waals surface area contributed by atoms with Gasteiger partial charge in [-0.1, -0.05) is 11.6 Å². The monoisotopic (exact) mass is 236 g/mol. The number of pyridine rings is 1. The minimum absolute atomic E-state index is 0.122. The molecule has 7 heteroatoms. The van der Waals surface area contributed by atoms with Crippen LogP contribution in [0.5, 0.6) is 0 Å². The Bertz CT molecular complexity index is 398. The molecule has 4 nitrogen and oxygen atoms in total. The molecule has 0 aliphatic heterocycles. The summed E-state index contributed by atoms with van der Waals surface area (Å²) in [5.41, 5.74) is 3.91. The van der Waals surface area contributed by atoms with E-state index in [4.69, 9.17) is 17.3 Å². The van der Waals surface area contributed by atoms with Gasteiger partial charge in [-0.3, -0.25) is 4.98 Å². The summed E-state index contributed by atoms with van der Waals surface area (Å²) in [5.74, 6) is -0.873. The Hall–Kier alpha value is -1.43. The van der Waals surface area contributed by atoms with Gasteiger partial charge >= 0.3 is 5.97 Å². The molecule has 0 radical (unpaired) electrons. The van der Waals surface area contributed by atoms with Gasteiger partial charge in [-0.15, -0.1) is 0 Å². The van der Waals surface area contributed by atoms with Crippen molar-refractivity contribution in [1.29, 1.82) is 0 Å². The number of aromatic nitrogens is 1. The van der Waals surface area contributed by atoms with Crippen LogP contribution in [0.4, 0.5) is 14.5 Å². The van der Waals surface area contributed by atoms with Crippen molar-refractivity contribution in [3.05, 3.63) is 22.5 Å². The Balaban J connectivity index is 3.36. The molecule has 15 heavy (non-hydrogen) atoms. The summed E-state index contributed by atoms with van der Waals surface area (Å²) in [6.45, 7) is 0. The topological polar surface area (TPSA) is 65.2 Å². The second kappa shape index (κ2) is 4.39. The molecule has 0 spiro atoms. The van der Waals surface area contributed by atoms with E-state index in [9.17, 15) is 13.6 Å². The van der Waals surface area contributed by atoms with Gasteiger partial charge in [0.05, 0.1) is 17.8 Å². The first-order chi connectivity index (χ1) is 6.99. The van der Waals surface area contributed by atoms with E-state index in [0.29, 0.717) is 0 Å². The lowest BCUT2D eigenvalue weighted by Crippen LogP contribution is -2.10. The predicted octanol–water partition coefficient (Wildman–Crippen LogP) is 2.04. The molecular formula is C8H7ClF2N2O2. The maximum absolute atomic E-state index is 12.4. The van der Waals surface area contributed by atoms with Gasteiger partial charge in [0.25, 0.3) is 6.43 Å². The third-order valence-electron chi connectivity index (χ3n) is 1.70. The summed E-state index contributed by atoms with van der Waals surface area (Å²) in [4.78, 5) is 14.5. The van der Waals surface area contributed by atoms with E-state index in [-0.39, 0.29) is 10.6 Å². The maximum atomic E-state index is 12.4. The van der Waals surface area contributed by atoms with Gasteiger partial charge < -0.3 is 10.5 Å². The fourth-order valence-corrected chi connectivity index (χ4v) is 1.23. The molecule has 0 saturated carbocycles. The first-order valence-electron chi connectivity index (χ1n) is 3.79. The molecule has 0 aromatic carbocycles. The smallest absolute Gasteiger partial charge is 0.341 e. The van der Waals surface area contributed by atoms with E-state index < -0.39 is 23.8 Å². The van der Waals surface area contributed by atoms with Gasteiger partial charge in [0.15, 0.2) is 0 Å². The van der Waals surface area contributed by atoms with Crippen molar-refractivity contribution in [3.8, 4) is 0 Å². The molecule has 0 bridgehead atoms. The molecule has 0 atom stereocenters. The zero-order chi connectivity index (χ0) is 11.6. The van der Waals surface area contributed by atoms with Gasteiger partial charge in [-0.2, -0.15) is 0 Å². The highest BCUT2D eigenvalue weighted by Gasteiger charge is 2.22. The minimum atomic E-state index is -2.87. The summed E-state index contributed by atoms with van der Waals surface area (Å²) in [7, 11) is 1.10. The Morgan fingerprint density at radius 3 is 2.73 bits per heavy atom. The second-order valence-corrected chi connectivity index (χ2v) is 2.98. The van der Waals surface area contributed by atoms with Crippen LogP contribution in [0.2, 0.25) is 5.02 Å². The van der Waals surface area contributed by atoms with Crippen molar-refractivity contribution in [2.24, 2.45) is 0 Å². The van der Waals surface area contributed by atoms with Crippen LogP contribution >= 0.6 is 11.6 Å². The van der Waals surface area contributed by atoms with Crippen LogP contribution in [0.25, 0.3) is 0 Å². The third-order valence-corrected chi connectivity index (χ3v) is 1.98. The lowest BCUT2D eigenvalue weighted by atomic mass is 10.2. The predicted molar refractivity (Wildman–Crippen MR) is 50.0 cm³/mol. The number of ether oxygens (including phenoxy) is 1. The lowest BCUT2D eigenvalue weighted by Gasteiger charge is -2.09. The minimum Gasteiger partial charge on any atom is -0.465 e. The Morgan fingerprint density at radius 2 is 2.27 bits per heavy atom. The van der Waals surface area contributed by atoms with Crippen molar-refractivity contribution >= 4 is 23.3 Å². The second-order valence-electron chi connectivity index (χ2n) is 2.57. The number of halogens is 3. The maximum Gasteiger partial charge on any atom is 0.341 e.